The molecule has 0 aliphatic rings. The Labute approximate surface area is 143 Å². The lowest BCUT2D eigenvalue weighted by Crippen LogP contribution is -2.23. The Morgan fingerprint density at radius 2 is 2.12 bits per heavy atom. The Balaban J connectivity index is 1.72. The van der Waals surface area contributed by atoms with Gasteiger partial charge in [0.1, 0.15) is 5.82 Å². The van der Waals surface area contributed by atoms with Crippen LogP contribution in [0.15, 0.2) is 48.7 Å². The van der Waals surface area contributed by atoms with Crippen LogP contribution in [0, 0.1) is 5.82 Å². The third-order valence-electron chi connectivity index (χ3n) is 3.46. The molecule has 0 saturated carbocycles. The second-order valence-corrected chi connectivity index (χ2v) is 5.57. The number of halogens is 2. The Hall–Kier alpha value is -2.73. The van der Waals surface area contributed by atoms with E-state index in [9.17, 15) is 9.18 Å². The summed E-state index contributed by atoms with van der Waals surface area (Å²) in [6.45, 7) is 0.229. The lowest BCUT2D eigenvalue weighted by atomic mass is 10.2. The van der Waals surface area contributed by atoms with Gasteiger partial charge < -0.3 is 5.32 Å². The van der Waals surface area contributed by atoms with Crippen LogP contribution in [0.25, 0.3) is 11.4 Å². The summed E-state index contributed by atoms with van der Waals surface area (Å²) < 4.78 is 14.7. The number of nitrogens with one attached hydrogen (secondary N) is 1. The first-order valence-electron chi connectivity index (χ1n) is 7.22. The van der Waals surface area contributed by atoms with E-state index >= 15 is 0 Å². The maximum absolute atomic E-state index is 13.0. The number of aromatic nitrogens is 3. The number of hydrogen-bond donors (Lipinski definition) is 1. The Bertz CT molecular complexity index is 880. The Morgan fingerprint density at radius 1 is 1.29 bits per heavy atom. The second kappa shape index (κ2) is 6.80. The summed E-state index contributed by atoms with van der Waals surface area (Å²) in [4.78, 5) is 16.4. The maximum atomic E-state index is 13.0. The van der Waals surface area contributed by atoms with Crippen molar-refractivity contribution in [3.8, 4) is 11.4 Å². The molecule has 1 aromatic carbocycles. The summed E-state index contributed by atoms with van der Waals surface area (Å²) in [6, 6.07) is 11.1. The van der Waals surface area contributed by atoms with Crippen LogP contribution in [0.5, 0.6) is 0 Å². The molecule has 5 nitrogen and oxygen atoms in total. The summed E-state index contributed by atoms with van der Waals surface area (Å²) in [6.07, 6.45) is 1.71. The molecule has 24 heavy (non-hydrogen) atoms. The first kappa shape index (κ1) is 16.1. The van der Waals surface area contributed by atoms with E-state index in [1.807, 2.05) is 31.3 Å². The van der Waals surface area contributed by atoms with Gasteiger partial charge in [0.2, 0.25) is 0 Å². The van der Waals surface area contributed by atoms with Crippen molar-refractivity contribution in [2.45, 2.75) is 6.54 Å². The van der Waals surface area contributed by atoms with Gasteiger partial charge in [-0.05, 0) is 36.4 Å². The molecule has 7 heteroatoms. The smallest absolute Gasteiger partial charge is 0.253 e. The third-order valence-corrected chi connectivity index (χ3v) is 3.78. The van der Waals surface area contributed by atoms with Crippen molar-refractivity contribution in [1.29, 1.82) is 0 Å². The molecule has 0 spiro atoms. The summed E-state index contributed by atoms with van der Waals surface area (Å²) in [7, 11) is 1.81. The van der Waals surface area contributed by atoms with E-state index in [4.69, 9.17) is 11.6 Å². The molecule has 0 aliphatic carbocycles. The molecule has 1 N–H and O–H groups in total. The molecule has 2 heterocycles. The number of amides is 1. The van der Waals surface area contributed by atoms with Gasteiger partial charge in [0, 0.05) is 13.2 Å². The van der Waals surface area contributed by atoms with Gasteiger partial charge in [-0.25, -0.2) is 4.39 Å². The fourth-order valence-corrected chi connectivity index (χ4v) is 2.56. The van der Waals surface area contributed by atoms with Crippen LogP contribution in [0.2, 0.25) is 5.02 Å². The molecule has 2 aromatic heterocycles. The largest absolute Gasteiger partial charge is 0.346 e. The number of nitrogens with zero attached hydrogens (tertiary/aromatic N) is 3. The maximum Gasteiger partial charge on any atom is 0.253 e. The zero-order chi connectivity index (χ0) is 17.1. The summed E-state index contributed by atoms with van der Waals surface area (Å²) in [5.74, 6) is -0.869. The molecule has 1 amide bonds. The van der Waals surface area contributed by atoms with Crippen LogP contribution in [-0.4, -0.2) is 20.7 Å². The lowest BCUT2D eigenvalue weighted by molar-refractivity contribution is 0.0950. The third kappa shape index (κ3) is 3.44. The first-order chi connectivity index (χ1) is 11.5. The van der Waals surface area contributed by atoms with Crippen molar-refractivity contribution in [3.63, 3.8) is 0 Å². The van der Waals surface area contributed by atoms with Crippen LogP contribution >= 0.6 is 11.6 Å². The number of aryl methyl sites for hydroxylation is 1. The minimum atomic E-state index is -0.485. The molecule has 0 radical (unpaired) electrons. The van der Waals surface area contributed by atoms with Crippen LogP contribution in [0.3, 0.4) is 0 Å². The quantitative estimate of drug-likeness (QED) is 0.790. The van der Waals surface area contributed by atoms with Gasteiger partial charge in [-0.3, -0.25) is 14.5 Å². The molecule has 3 rings (SSSR count). The Morgan fingerprint density at radius 3 is 2.83 bits per heavy atom. The highest BCUT2D eigenvalue weighted by Crippen LogP contribution is 2.18. The normalized spacial score (nSPS) is 10.6. The predicted octanol–water partition coefficient (Wildman–Crippen LogP) is 3.20. The molecule has 0 saturated heterocycles. The van der Waals surface area contributed by atoms with Crippen molar-refractivity contribution in [2.75, 3.05) is 0 Å². The predicted molar refractivity (Wildman–Crippen MR) is 89.0 cm³/mol. The van der Waals surface area contributed by atoms with Crippen LogP contribution < -0.4 is 5.32 Å². The number of hydrogen-bond acceptors (Lipinski definition) is 3. The zero-order valence-electron chi connectivity index (χ0n) is 12.8. The summed E-state index contributed by atoms with van der Waals surface area (Å²) >= 11 is 5.89. The number of benzene rings is 1. The van der Waals surface area contributed by atoms with Crippen LogP contribution in [0.1, 0.15) is 16.1 Å². The summed E-state index contributed by atoms with van der Waals surface area (Å²) in [5.41, 5.74) is 2.55. The minimum Gasteiger partial charge on any atom is -0.346 e. The molecule has 0 fully saturated rings. The van der Waals surface area contributed by atoms with Gasteiger partial charge in [0.15, 0.2) is 0 Å². The zero-order valence-corrected chi connectivity index (χ0v) is 13.6. The number of carbonyl (C=O) groups is 1. The van der Waals surface area contributed by atoms with Gasteiger partial charge in [-0.2, -0.15) is 5.10 Å². The highest BCUT2D eigenvalue weighted by atomic mass is 35.5. The number of carbonyl (C=O) groups excluding carboxylic acids is 1. The highest BCUT2D eigenvalue weighted by molar-refractivity contribution is 6.33. The molecule has 0 bridgehead atoms. The van der Waals surface area contributed by atoms with Gasteiger partial charge in [0.25, 0.3) is 5.91 Å². The van der Waals surface area contributed by atoms with Crippen LogP contribution in [0.4, 0.5) is 4.39 Å². The lowest BCUT2D eigenvalue weighted by Gasteiger charge is -2.05. The van der Waals surface area contributed by atoms with E-state index in [0.29, 0.717) is 5.69 Å². The number of pyridine rings is 1. The van der Waals surface area contributed by atoms with Crippen molar-refractivity contribution in [1.82, 2.24) is 20.1 Å². The minimum absolute atomic E-state index is 0.0719. The van der Waals surface area contributed by atoms with Crippen molar-refractivity contribution < 1.29 is 9.18 Å². The van der Waals surface area contributed by atoms with E-state index in [-0.39, 0.29) is 23.0 Å². The molecule has 0 unspecified atom stereocenters. The molecule has 122 valence electrons. The molecule has 3 aromatic rings. The van der Waals surface area contributed by atoms with Gasteiger partial charge in [-0.1, -0.05) is 17.7 Å². The topological polar surface area (TPSA) is 59.8 Å². The van der Waals surface area contributed by atoms with E-state index in [0.717, 1.165) is 17.5 Å². The average Bonchev–Trinajstić information content (AvgIpc) is 2.94. The molecular formula is C17H14ClFN4O. The fourth-order valence-electron chi connectivity index (χ4n) is 2.31. The second-order valence-electron chi connectivity index (χ2n) is 5.17. The molecular weight excluding hydrogens is 331 g/mol. The van der Waals surface area contributed by atoms with Crippen molar-refractivity contribution in [3.05, 3.63) is 70.8 Å². The Kier molecular flexibility index (Phi) is 4.57. The molecule has 0 aliphatic heterocycles. The summed E-state index contributed by atoms with van der Waals surface area (Å²) in [5, 5.41) is 7.16. The SMILES string of the molecule is Cn1nc(CNC(=O)c2ccc(F)cc2Cl)cc1-c1ccccn1. The van der Waals surface area contributed by atoms with E-state index < -0.39 is 5.82 Å². The van der Waals surface area contributed by atoms with E-state index in [1.165, 1.54) is 12.1 Å². The first-order valence-corrected chi connectivity index (χ1v) is 7.60. The highest BCUT2D eigenvalue weighted by Gasteiger charge is 2.13. The van der Waals surface area contributed by atoms with Gasteiger partial charge in [0.05, 0.1) is 34.2 Å². The van der Waals surface area contributed by atoms with Gasteiger partial charge >= 0.3 is 0 Å². The number of rotatable bonds is 4. The molecule has 0 atom stereocenters. The van der Waals surface area contributed by atoms with Crippen molar-refractivity contribution in [2.24, 2.45) is 7.05 Å². The van der Waals surface area contributed by atoms with E-state index in [2.05, 4.69) is 15.4 Å². The van der Waals surface area contributed by atoms with E-state index in [1.54, 1.807) is 10.9 Å². The van der Waals surface area contributed by atoms with Gasteiger partial charge in [-0.15, -0.1) is 0 Å². The monoisotopic (exact) mass is 344 g/mol. The standard InChI is InChI=1S/C17H14ClFN4O/c1-23-16(15-4-2-3-7-20-15)9-12(22-23)10-21-17(24)13-6-5-11(19)8-14(13)18/h2-9H,10H2,1H3,(H,21,24). The van der Waals surface area contributed by atoms with Crippen LogP contribution in [-0.2, 0) is 13.6 Å². The fraction of sp³-hybridized carbons (Fsp3) is 0.118. The van der Waals surface area contributed by atoms with Crippen molar-refractivity contribution >= 4 is 17.5 Å². The average molecular weight is 345 g/mol.